The topological polar surface area (TPSA) is 51.3 Å². The summed E-state index contributed by atoms with van der Waals surface area (Å²) in [6.07, 6.45) is 7.61. The molecule has 0 bridgehead atoms. The lowest BCUT2D eigenvalue weighted by atomic mass is 10.2. The van der Waals surface area contributed by atoms with Crippen LogP contribution in [-0.4, -0.2) is 11.2 Å². The molecule has 0 radical (unpaired) electrons. The molecular formula is C10H13N3. The van der Waals surface area contributed by atoms with Crippen molar-refractivity contribution in [1.29, 1.82) is 0 Å². The zero-order chi connectivity index (χ0) is 9.52. The van der Waals surface area contributed by atoms with Gasteiger partial charge < -0.3 is 5.73 Å². The van der Waals surface area contributed by atoms with Gasteiger partial charge in [0.15, 0.2) is 0 Å². The van der Waals surface area contributed by atoms with E-state index in [4.69, 9.17) is 5.73 Å². The third-order valence-corrected chi connectivity index (χ3v) is 1.55. The molecule has 1 aromatic rings. The van der Waals surface area contributed by atoms with Crippen LogP contribution >= 0.6 is 0 Å². The van der Waals surface area contributed by atoms with E-state index in [1.807, 2.05) is 19.1 Å². The summed E-state index contributed by atoms with van der Waals surface area (Å²) in [7, 11) is 0. The van der Waals surface area contributed by atoms with Crippen molar-refractivity contribution in [1.82, 2.24) is 4.98 Å². The maximum Gasteiger partial charge on any atom is 0.0454 e. The number of aliphatic imine (C=N–C) groups is 1. The fourth-order valence-corrected chi connectivity index (χ4v) is 0.952. The highest BCUT2D eigenvalue weighted by molar-refractivity contribution is 5.54. The number of aromatic nitrogens is 1. The van der Waals surface area contributed by atoms with Crippen LogP contribution in [0.1, 0.15) is 12.5 Å². The zero-order valence-corrected chi connectivity index (χ0v) is 7.64. The molecule has 1 aromatic heterocycles. The molecule has 0 saturated carbocycles. The Hall–Kier alpha value is -1.64. The second-order valence-corrected chi connectivity index (χ2v) is 2.64. The molecule has 1 rings (SSSR count). The van der Waals surface area contributed by atoms with Crippen molar-refractivity contribution in [2.75, 3.05) is 0 Å². The number of hydrogen-bond donors (Lipinski definition) is 1. The van der Waals surface area contributed by atoms with Crippen molar-refractivity contribution < 1.29 is 0 Å². The molecule has 13 heavy (non-hydrogen) atoms. The van der Waals surface area contributed by atoms with Crippen molar-refractivity contribution in [2.24, 2.45) is 10.7 Å². The van der Waals surface area contributed by atoms with Crippen molar-refractivity contribution in [3.63, 3.8) is 0 Å². The first kappa shape index (κ1) is 9.45. The van der Waals surface area contributed by atoms with Gasteiger partial charge in [0.25, 0.3) is 0 Å². The van der Waals surface area contributed by atoms with Gasteiger partial charge in [-0.3, -0.25) is 9.98 Å². The molecule has 0 unspecified atom stereocenters. The van der Waals surface area contributed by atoms with Crippen LogP contribution in [0.4, 0.5) is 0 Å². The first-order valence-corrected chi connectivity index (χ1v) is 4.14. The van der Waals surface area contributed by atoms with Crippen LogP contribution in [0.5, 0.6) is 0 Å². The number of nitrogens with zero attached hydrogens (tertiary/aromatic N) is 2. The van der Waals surface area contributed by atoms with Gasteiger partial charge in [-0.25, -0.2) is 0 Å². The third-order valence-electron chi connectivity index (χ3n) is 1.55. The summed E-state index contributed by atoms with van der Waals surface area (Å²) in [4.78, 5) is 7.87. The Kier molecular flexibility index (Phi) is 3.70. The van der Waals surface area contributed by atoms with Crippen LogP contribution in [0.3, 0.4) is 0 Å². The summed E-state index contributed by atoms with van der Waals surface area (Å²) in [6, 6.07) is 3.88. The van der Waals surface area contributed by atoms with Gasteiger partial charge in [0.2, 0.25) is 0 Å². The number of pyridine rings is 1. The smallest absolute Gasteiger partial charge is 0.0454 e. The Bertz CT molecular complexity index is 301. The van der Waals surface area contributed by atoms with Gasteiger partial charge in [0, 0.05) is 36.9 Å². The van der Waals surface area contributed by atoms with E-state index in [9.17, 15) is 0 Å². The largest absolute Gasteiger partial charge is 0.401 e. The fraction of sp³-hybridized carbons (Fsp3) is 0.200. The van der Waals surface area contributed by atoms with E-state index in [0.717, 1.165) is 17.7 Å². The number of rotatable bonds is 3. The molecule has 1 heterocycles. The molecule has 0 aliphatic rings. The molecule has 68 valence electrons. The Morgan fingerprint density at radius 3 is 2.85 bits per heavy atom. The minimum absolute atomic E-state index is 0.722. The van der Waals surface area contributed by atoms with Crippen LogP contribution in [0, 0.1) is 0 Å². The molecule has 0 saturated heterocycles. The van der Waals surface area contributed by atoms with E-state index >= 15 is 0 Å². The summed E-state index contributed by atoms with van der Waals surface area (Å²) in [5.41, 5.74) is 7.62. The molecule has 3 heteroatoms. The highest BCUT2D eigenvalue weighted by atomic mass is 14.7. The minimum atomic E-state index is 0.722. The number of allylic oxidation sites excluding steroid dienone is 1. The van der Waals surface area contributed by atoms with Crippen LogP contribution < -0.4 is 5.73 Å². The predicted octanol–water partition coefficient (Wildman–Crippen LogP) is 1.51. The lowest BCUT2D eigenvalue weighted by Crippen LogP contribution is -2.00. The van der Waals surface area contributed by atoms with Crippen molar-refractivity contribution in [2.45, 2.75) is 13.3 Å². The maximum absolute atomic E-state index is 5.72. The summed E-state index contributed by atoms with van der Waals surface area (Å²) in [5.74, 6) is 0. The predicted molar refractivity (Wildman–Crippen MR) is 54.4 cm³/mol. The molecule has 0 fully saturated rings. The Morgan fingerprint density at radius 2 is 2.23 bits per heavy atom. The molecule has 0 aliphatic heterocycles. The summed E-state index contributed by atoms with van der Waals surface area (Å²) >= 11 is 0. The van der Waals surface area contributed by atoms with Crippen LogP contribution in [0.15, 0.2) is 41.4 Å². The molecule has 3 nitrogen and oxygen atoms in total. The second kappa shape index (κ2) is 5.09. The normalized spacial score (nSPS) is 12.2. The highest BCUT2D eigenvalue weighted by Crippen LogP contribution is 2.01. The van der Waals surface area contributed by atoms with Crippen LogP contribution in [-0.2, 0) is 6.42 Å². The maximum atomic E-state index is 5.72. The van der Waals surface area contributed by atoms with E-state index in [1.165, 1.54) is 0 Å². The Labute approximate surface area is 78.0 Å². The van der Waals surface area contributed by atoms with Crippen molar-refractivity contribution in [3.8, 4) is 0 Å². The van der Waals surface area contributed by atoms with Gasteiger partial charge in [-0.05, 0) is 24.6 Å². The first-order valence-electron chi connectivity index (χ1n) is 4.14. The van der Waals surface area contributed by atoms with E-state index in [1.54, 1.807) is 24.8 Å². The number of hydrogen-bond acceptors (Lipinski definition) is 3. The molecule has 0 spiro atoms. The summed E-state index contributed by atoms with van der Waals surface area (Å²) < 4.78 is 0. The second-order valence-electron chi connectivity index (χ2n) is 2.64. The Balaban J connectivity index is 2.60. The monoisotopic (exact) mass is 175 g/mol. The fourth-order valence-electron chi connectivity index (χ4n) is 0.952. The minimum Gasteiger partial charge on any atom is -0.401 e. The van der Waals surface area contributed by atoms with Gasteiger partial charge in [0.05, 0.1) is 0 Å². The molecule has 2 N–H and O–H groups in total. The molecule has 0 aromatic carbocycles. The van der Waals surface area contributed by atoms with Crippen molar-refractivity contribution in [3.05, 3.63) is 42.0 Å². The quantitative estimate of drug-likeness (QED) is 0.708. The Morgan fingerprint density at radius 1 is 1.54 bits per heavy atom. The molecular weight excluding hydrogens is 162 g/mol. The van der Waals surface area contributed by atoms with Gasteiger partial charge in [-0.15, -0.1) is 0 Å². The number of nitrogens with two attached hydrogens (primary N) is 1. The highest BCUT2D eigenvalue weighted by Gasteiger charge is 1.92. The van der Waals surface area contributed by atoms with Gasteiger partial charge in [0.1, 0.15) is 0 Å². The lowest BCUT2D eigenvalue weighted by molar-refractivity contribution is 1.08. The lowest BCUT2D eigenvalue weighted by Gasteiger charge is -1.98. The first-order chi connectivity index (χ1) is 6.33. The summed E-state index contributed by atoms with van der Waals surface area (Å²) in [5, 5.41) is 0. The molecule has 0 amide bonds. The third kappa shape index (κ3) is 3.51. The molecule has 0 atom stereocenters. The van der Waals surface area contributed by atoms with Gasteiger partial charge in [-0.2, -0.15) is 0 Å². The SMILES string of the molecule is C/C=N\C=C(\N)Cc1ccncc1. The van der Waals surface area contributed by atoms with Crippen molar-refractivity contribution >= 4 is 6.21 Å². The zero-order valence-electron chi connectivity index (χ0n) is 7.64. The van der Waals surface area contributed by atoms with Crippen LogP contribution in [0.25, 0.3) is 0 Å². The van der Waals surface area contributed by atoms with Gasteiger partial charge >= 0.3 is 0 Å². The van der Waals surface area contributed by atoms with E-state index < -0.39 is 0 Å². The molecule has 0 aliphatic carbocycles. The van der Waals surface area contributed by atoms with E-state index in [2.05, 4.69) is 9.98 Å². The van der Waals surface area contributed by atoms with Gasteiger partial charge in [-0.1, -0.05) is 0 Å². The van der Waals surface area contributed by atoms with Crippen LogP contribution in [0.2, 0.25) is 0 Å². The summed E-state index contributed by atoms with van der Waals surface area (Å²) in [6.45, 7) is 1.86. The van der Waals surface area contributed by atoms with E-state index in [-0.39, 0.29) is 0 Å². The average molecular weight is 175 g/mol. The standard InChI is InChI=1S/C10H13N3/c1-2-12-8-10(11)7-9-3-5-13-6-4-9/h2-6,8H,7,11H2,1H3/b10-8+,12-2-. The van der Waals surface area contributed by atoms with E-state index in [0.29, 0.717) is 0 Å². The average Bonchev–Trinajstić information content (AvgIpc) is 2.16.